The Hall–Kier alpha value is -1.88. The van der Waals surface area contributed by atoms with Crippen LogP contribution in [-0.4, -0.2) is 25.0 Å². The number of hydrogen-bond acceptors (Lipinski definition) is 4. The third kappa shape index (κ3) is 4.29. The van der Waals surface area contributed by atoms with E-state index in [2.05, 4.69) is 10.6 Å². The number of carbonyl (C=O) groups excluding carboxylic acids is 2. The van der Waals surface area contributed by atoms with E-state index in [9.17, 15) is 9.59 Å². The van der Waals surface area contributed by atoms with E-state index in [1.54, 1.807) is 0 Å². The first kappa shape index (κ1) is 15.5. The molecule has 2 unspecified atom stereocenters. The number of hydrogen-bond donors (Lipinski definition) is 2. The Balaban J connectivity index is 2.06. The summed E-state index contributed by atoms with van der Waals surface area (Å²) in [6, 6.07) is 7.38. The molecule has 0 bridgehead atoms. The number of rotatable bonds is 6. The molecule has 1 aromatic carbocycles. The van der Waals surface area contributed by atoms with Crippen LogP contribution in [0.5, 0.6) is 0 Å². The van der Waals surface area contributed by atoms with Crippen molar-refractivity contribution in [2.45, 2.75) is 38.8 Å². The molecule has 1 amide bonds. The molecule has 2 atom stereocenters. The molecule has 1 saturated carbocycles. The molecule has 1 aliphatic rings. The first-order chi connectivity index (χ1) is 10.0. The van der Waals surface area contributed by atoms with Gasteiger partial charge in [-0.3, -0.25) is 14.9 Å². The fourth-order valence-electron chi connectivity index (χ4n) is 2.41. The number of benzene rings is 1. The molecule has 0 aromatic heterocycles. The SMILES string of the molecule is COC(=O)C(NC(C)c1cccc(NC(C)=O)c1)C1CC1. The molecule has 5 nitrogen and oxygen atoms in total. The van der Waals surface area contributed by atoms with E-state index >= 15 is 0 Å². The van der Waals surface area contributed by atoms with Crippen molar-refractivity contribution in [2.24, 2.45) is 5.92 Å². The molecule has 2 N–H and O–H groups in total. The largest absolute Gasteiger partial charge is 0.468 e. The van der Waals surface area contributed by atoms with Gasteiger partial charge in [0.15, 0.2) is 0 Å². The summed E-state index contributed by atoms with van der Waals surface area (Å²) in [4.78, 5) is 22.9. The normalized spacial score (nSPS) is 16.9. The minimum absolute atomic E-state index is 0.00316. The lowest BCUT2D eigenvalue weighted by Crippen LogP contribution is -2.40. The van der Waals surface area contributed by atoms with Gasteiger partial charge in [-0.2, -0.15) is 0 Å². The molecule has 1 aliphatic carbocycles. The zero-order valence-electron chi connectivity index (χ0n) is 12.7. The van der Waals surface area contributed by atoms with Crippen LogP contribution < -0.4 is 10.6 Å². The lowest BCUT2D eigenvalue weighted by molar-refractivity contribution is -0.144. The minimum atomic E-state index is -0.255. The molecular formula is C16H22N2O3. The summed E-state index contributed by atoms with van der Waals surface area (Å²) in [6.07, 6.45) is 2.12. The number of amides is 1. The molecule has 21 heavy (non-hydrogen) atoms. The highest BCUT2D eigenvalue weighted by Gasteiger charge is 2.37. The van der Waals surface area contributed by atoms with E-state index in [1.165, 1.54) is 14.0 Å². The molecule has 114 valence electrons. The van der Waals surface area contributed by atoms with E-state index in [1.807, 2.05) is 31.2 Å². The molecule has 0 saturated heterocycles. The lowest BCUT2D eigenvalue weighted by Gasteiger charge is -2.22. The first-order valence-electron chi connectivity index (χ1n) is 7.22. The molecule has 2 rings (SSSR count). The second-order valence-electron chi connectivity index (χ2n) is 5.53. The van der Waals surface area contributed by atoms with Gasteiger partial charge in [-0.1, -0.05) is 12.1 Å². The number of nitrogens with one attached hydrogen (secondary N) is 2. The summed E-state index contributed by atoms with van der Waals surface area (Å²) < 4.78 is 4.87. The van der Waals surface area contributed by atoms with E-state index in [-0.39, 0.29) is 24.0 Å². The van der Waals surface area contributed by atoms with Gasteiger partial charge in [0.05, 0.1) is 7.11 Å². The van der Waals surface area contributed by atoms with Gasteiger partial charge in [-0.05, 0) is 43.4 Å². The fraction of sp³-hybridized carbons (Fsp3) is 0.500. The summed E-state index contributed by atoms with van der Waals surface area (Å²) in [5.74, 6) is 0.0685. The van der Waals surface area contributed by atoms with Crippen LogP contribution in [0.25, 0.3) is 0 Å². The van der Waals surface area contributed by atoms with Gasteiger partial charge in [0.2, 0.25) is 5.91 Å². The van der Waals surface area contributed by atoms with E-state index in [4.69, 9.17) is 4.74 Å². The summed E-state index contributed by atoms with van der Waals surface area (Å²) in [7, 11) is 1.42. The highest BCUT2D eigenvalue weighted by Crippen LogP contribution is 2.34. The third-order valence-electron chi connectivity index (χ3n) is 3.69. The second-order valence-corrected chi connectivity index (χ2v) is 5.53. The number of ether oxygens (including phenoxy) is 1. The topological polar surface area (TPSA) is 67.4 Å². The van der Waals surface area contributed by atoms with Crippen LogP contribution in [-0.2, 0) is 14.3 Å². The van der Waals surface area contributed by atoms with Crippen molar-refractivity contribution in [3.05, 3.63) is 29.8 Å². The zero-order valence-corrected chi connectivity index (χ0v) is 12.7. The second kappa shape index (κ2) is 6.72. The van der Waals surface area contributed by atoms with Crippen LogP contribution >= 0.6 is 0 Å². The quantitative estimate of drug-likeness (QED) is 0.789. The van der Waals surface area contributed by atoms with Gasteiger partial charge in [-0.15, -0.1) is 0 Å². The minimum Gasteiger partial charge on any atom is -0.468 e. The molecular weight excluding hydrogens is 268 g/mol. The Bertz CT molecular complexity index is 526. The summed E-state index contributed by atoms with van der Waals surface area (Å²) in [6.45, 7) is 3.49. The van der Waals surface area contributed by atoms with Crippen molar-refractivity contribution < 1.29 is 14.3 Å². The van der Waals surface area contributed by atoms with Crippen LogP contribution in [0.15, 0.2) is 24.3 Å². The van der Waals surface area contributed by atoms with Crippen molar-refractivity contribution in [1.29, 1.82) is 0 Å². The number of methoxy groups -OCH3 is 1. The number of carbonyl (C=O) groups is 2. The Morgan fingerprint density at radius 3 is 2.62 bits per heavy atom. The molecule has 5 heteroatoms. The van der Waals surface area contributed by atoms with E-state index in [0.717, 1.165) is 24.1 Å². The Labute approximate surface area is 125 Å². The average Bonchev–Trinajstić information content (AvgIpc) is 3.27. The molecule has 0 radical (unpaired) electrons. The van der Waals surface area contributed by atoms with Gasteiger partial charge in [0, 0.05) is 18.7 Å². The maximum atomic E-state index is 11.8. The van der Waals surface area contributed by atoms with Crippen LogP contribution in [0.4, 0.5) is 5.69 Å². The Morgan fingerprint density at radius 2 is 2.05 bits per heavy atom. The third-order valence-corrected chi connectivity index (χ3v) is 3.69. The van der Waals surface area contributed by atoms with Crippen molar-refractivity contribution in [3.63, 3.8) is 0 Å². The summed E-state index contributed by atoms with van der Waals surface area (Å²) in [5, 5.41) is 6.10. The van der Waals surface area contributed by atoms with Crippen LogP contribution in [0.3, 0.4) is 0 Å². The lowest BCUT2D eigenvalue weighted by atomic mass is 10.0. The molecule has 1 fully saturated rings. The van der Waals surface area contributed by atoms with Crippen molar-refractivity contribution >= 4 is 17.6 Å². The van der Waals surface area contributed by atoms with E-state index in [0.29, 0.717) is 5.92 Å². The summed E-state index contributed by atoms with van der Waals surface area (Å²) >= 11 is 0. The number of esters is 1. The van der Waals surface area contributed by atoms with Crippen molar-refractivity contribution in [1.82, 2.24) is 5.32 Å². The van der Waals surface area contributed by atoms with Crippen molar-refractivity contribution in [2.75, 3.05) is 12.4 Å². The monoisotopic (exact) mass is 290 g/mol. The molecule has 0 aliphatic heterocycles. The van der Waals surface area contributed by atoms with Gasteiger partial charge < -0.3 is 10.1 Å². The maximum absolute atomic E-state index is 11.8. The van der Waals surface area contributed by atoms with Gasteiger partial charge in [0.1, 0.15) is 6.04 Å². The number of anilines is 1. The molecule has 1 aromatic rings. The molecule has 0 heterocycles. The Morgan fingerprint density at radius 1 is 1.33 bits per heavy atom. The van der Waals surface area contributed by atoms with Gasteiger partial charge >= 0.3 is 5.97 Å². The molecule has 0 spiro atoms. The van der Waals surface area contributed by atoms with Gasteiger partial charge in [-0.25, -0.2) is 0 Å². The van der Waals surface area contributed by atoms with Gasteiger partial charge in [0.25, 0.3) is 0 Å². The highest BCUT2D eigenvalue weighted by molar-refractivity contribution is 5.88. The average molecular weight is 290 g/mol. The van der Waals surface area contributed by atoms with Crippen LogP contribution in [0.2, 0.25) is 0 Å². The standard InChI is InChI=1S/C16H22N2O3/c1-10(17-15(12-7-8-12)16(20)21-3)13-5-4-6-14(9-13)18-11(2)19/h4-6,9-10,12,15,17H,7-8H2,1-3H3,(H,18,19). The van der Waals surface area contributed by atoms with Crippen molar-refractivity contribution in [3.8, 4) is 0 Å². The first-order valence-corrected chi connectivity index (χ1v) is 7.22. The highest BCUT2D eigenvalue weighted by atomic mass is 16.5. The predicted octanol–water partition coefficient (Wildman–Crippen LogP) is 2.25. The summed E-state index contributed by atoms with van der Waals surface area (Å²) in [5.41, 5.74) is 1.78. The van der Waals surface area contributed by atoms with Crippen LogP contribution in [0.1, 0.15) is 38.3 Å². The zero-order chi connectivity index (χ0) is 15.4. The smallest absolute Gasteiger partial charge is 0.323 e. The maximum Gasteiger partial charge on any atom is 0.323 e. The van der Waals surface area contributed by atoms with Crippen LogP contribution in [0, 0.1) is 5.92 Å². The van der Waals surface area contributed by atoms with E-state index < -0.39 is 0 Å². The predicted molar refractivity (Wildman–Crippen MR) is 80.8 cm³/mol. The fourth-order valence-corrected chi connectivity index (χ4v) is 2.41. The Kier molecular flexibility index (Phi) is 4.96.